The first-order valence-electron chi connectivity index (χ1n) is 21.7. The predicted octanol–water partition coefficient (Wildman–Crippen LogP) is 13.5. The van der Waals surface area contributed by atoms with Gasteiger partial charge in [0, 0.05) is 56.7 Å². The molecule has 0 radical (unpaired) electrons. The molecular weight excluding hydrogens is 741 g/mol. The summed E-state index contributed by atoms with van der Waals surface area (Å²) in [6.07, 6.45) is 18.1. The maximum Gasteiger partial charge on any atom is 0.140 e. The van der Waals surface area contributed by atoms with Crippen LogP contribution in [0.3, 0.4) is 0 Å². The normalized spacial score (nSPS) is 24.0. The molecule has 3 heterocycles. The van der Waals surface area contributed by atoms with E-state index in [1.807, 2.05) is 0 Å². The molecule has 1 saturated heterocycles. The Morgan fingerprint density at radius 2 is 1.31 bits per heavy atom. The topological polar surface area (TPSA) is 32.2 Å². The second kappa shape index (κ2) is 13.3. The molecule has 6 atom stereocenters. The Bertz CT molecular complexity index is 3370. The molecule has 1 fully saturated rings. The summed E-state index contributed by atoms with van der Waals surface area (Å²) in [5.41, 5.74) is 9.82. The minimum Gasteiger partial charge on any atom is -0.330 e. The minimum atomic E-state index is -0.239. The lowest BCUT2D eigenvalue weighted by Crippen LogP contribution is -2.56. The number of fused-ring (bicyclic) bond motifs is 14. The first-order valence-corrected chi connectivity index (χ1v) is 21.7. The third kappa shape index (κ3) is 5.01. The maximum atomic E-state index is 4.19. The molecule has 8 aromatic carbocycles. The van der Waals surface area contributed by atoms with Gasteiger partial charge < -0.3 is 9.47 Å². The summed E-state index contributed by atoms with van der Waals surface area (Å²) in [4.78, 5) is 2.59. The van der Waals surface area contributed by atoms with E-state index in [9.17, 15) is 0 Å². The Balaban J connectivity index is 1.12. The number of nitrogens with zero attached hydrogens (tertiary/aromatic N) is 2. The Hall–Kier alpha value is -6.98. The second-order valence-corrected chi connectivity index (χ2v) is 17.4. The van der Waals surface area contributed by atoms with Gasteiger partial charge in [-0.3, -0.25) is 10.6 Å². The third-order valence-corrected chi connectivity index (χ3v) is 14.2. The number of hydrogen-bond donors (Lipinski definition) is 2. The van der Waals surface area contributed by atoms with Crippen molar-refractivity contribution in [1.82, 2.24) is 15.2 Å². The summed E-state index contributed by atoms with van der Waals surface area (Å²) >= 11 is 0. The van der Waals surface area contributed by atoms with Crippen LogP contribution in [0.4, 0.5) is 11.4 Å². The molecule has 61 heavy (non-hydrogen) atoms. The van der Waals surface area contributed by atoms with Gasteiger partial charge in [0.1, 0.15) is 6.29 Å². The van der Waals surface area contributed by atoms with E-state index in [0.29, 0.717) is 0 Å². The monoisotopic (exact) mass is 784 g/mol. The van der Waals surface area contributed by atoms with Crippen molar-refractivity contribution < 1.29 is 0 Å². The largest absolute Gasteiger partial charge is 0.330 e. The van der Waals surface area contributed by atoms with Crippen LogP contribution in [0.25, 0.3) is 65.3 Å². The molecule has 1 aromatic heterocycles. The molecule has 2 N–H and O–H groups in total. The average molecular weight is 785 g/mol. The zero-order valence-corrected chi connectivity index (χ0v) is 33.9. The molecule has 9 aromatic rings. The summed E-state index contributed by atoms with van der Waals surface area (Å²) in [6.45, 7) is 2.39. The van der Waals surface area contributed by atoms with E-state index in [1.54, 1.807) is 0 Å². The van der Waals surface area contributed by atoms with Crippen LogP contribution in [0, 0.1) is 5.92 Å². The highest BCUT2D eigenvalue weighted by molar-refractivity contribution is 6.36. The van der Waals surface area contributed by atoms with Gasteiger partial charge in [0.15, 0.2) is 0 Å². The van der Waals surface area contributed by atoms with E-state index in [4.69, 9.17) is 0 Å². The lowest BCUT2D eigenvalue weighted by atomic mass is 9.80. The Kier molecular flexibility index (Phi) is 7.57. The minimum absolute atomic E-state index is 0.113. The van der Waals surface area contributed by atoms with E-state index < -0.39 is 0 Å². The maximum absolute atomic E-state index is 4.19. The van der Waals surface area contributed by atoms with Gasteiger partial charge in [0.2, 0.25) is 0 Å². The number of hydrogen-bond acceptors (Lipinski definition) is 3. The van der Waals surface area contributed by atoms with Crippen molar-refractivity contribution in [3.63, 3.8) is 0 Å². The Morgan fingerprint density at radius 3 is 2.18 bits per heavy atom. The van der Waals surface area contributed by atoms with Crippen molar-refractivity contribution in [2.24, 2.45) is 5.92 Å². The van der Waals surface area contributed by atoms with Crippen LogP contribution in [0.15, 0.2) is 206 Å². The second-order valence-electron chi connectivity index (χ2n) is 17.4. The van der Waals surface area contributed by atoms with Gasteiger partial charge in [-0.15, -0.1) is 0 Å². The van der Waals surface area contributed by atoms with Crippen LogP contribution in [-0.2, 0) is 0 Å². The summed E-state index contributed by atoms with van der Waals surface area (Å²) in [7, 11) is 0. The van der Waals surface area contributed by atoms with Gasteiger partial charge in [0.25, 0.3) is 0 Å². The van der Waals surface area contributed by atoms with Crippen molar-refractivity contribution in [3.8, 4) is 11.1 Å². The molecule has 292 valence electrons. The summed E-state index contributed by atoms with van der Waals surface area (Å²) in [5.74, 6) is 0.501. The predicted molar refractivity (Wildman–Crippen MR) is 255 cm³/mol. The molecule has 0 spiro atoms. The van der Waals surface area contributed by atoms with E-state index >= 15 is 0 Å². The first kappa shape index (κ1) is 34.8. The van der Waals surface area contributed by atoms with Gasteiger partial charge in [-0.2, -0.15) is 0 Å². The fourth-order valence-corrected chi connectivity index (χ4v) is 11.6. The molecule has 13 rings (SSSR count). The standard InChI is InChI=1S/C57H44N4/c1-57-34-15-14-28-48(57)45-27-16-26-41(54(45)61(57)39-20-6-3-7-21-39)38-31-33-50-47(35-38)52-51-40-22-9-8-17-36(40)30-32-43(51)42-23-10-11-24-44(42)55(52)60(50)56-58-49-29-13-12-25-46(49)53(59-56)37-18-4-2-5-19-37/h2-35,46,48-49,53,56,58-59H,1H3. The quantitative estimate of drug-likeness (QED) is 0.174. The fourth-order valence-electron chi connectivity index (χ4n) is 11.6. The van der Waals surface area contributed by atoms with Crippen LogP contribution in [0.2, 0.25) is 0 Å². The molecule has 4 heteroatoms. The molecule has 2 aliphatic heterocycles. The Morgan fingerprint density at radius 1 is 0.557 bits per heavy atom. The molecule has 2 aliphatic carbocycles. The Labute approximate surface area is 355 Å². The van der Waals surface area contributed by atoms with E-state index in [2.05, 4.69) is 233 Å². The number of anilines is 2. The van der Waals surface area contributed by atoms with E-state index in [1.165, 1.54) is 87.8 Å². The molecule has 4 nitrogen and oxygen atoms in total. The van der Waals surface area contributed by atoms with Crippen molar-refractivity contribution >= 4 is 65.5 Å². The van der Waals surface area contributed by atoms with Crippen LogP contribution in [-0.4, -0.2) is 16.1 Å². The van der Waals surface area contributed by atoms with Gasteiger partial charge >= 0.3 is 0 Å². The SMILES string of the molecule is CC12C=CC=CC1c1cccc(-c3ccc4c(c3)c3c5c6ccccc6ccc5c5ccccc5c3n4C3NC4C=CC=CC4C(c4ccccc4)N3)c1N2c1ccccc1. The number of rotatable bonds is 4. The molecule has 4 aliphatic rings. The molecule has 6 unspecified atom stereocenters. The number of nitrogens with one attached hydrogen (secondary N) is 2. The number of allylic oxidation sites excluding steroid dienone is 4. The summed E-state index contributed by atoms with van der Waals surface area (Å²) < 4.78 is 2.59. The van der Waals surface area contributed by atoms with Crippen LogP contribution < -0.4 is 15.5 Å². The summed E-state index contributed by atoms with van der Waals surface area (Å²) in [6, 6.07) is 59.1. The van der Waals surface area contributed by atoms with Crippen LogP contribution >= 0.6 is 0 Å². The molecule has 0 amide bonds. The van der Waals surface area contributed by atoms with Crippen molar-refractivity contribution in [2.45, 2.75) is 36.8 Å². The van der Waals surface area contributed by atoms with Gasteiger partial charge in [0.05, 0.1) is 22.3 Å². The van der Waals surface area contributed by atoms with Gasteiger partial charge in [-0.1, -0.05) is 182 Å². The average Bonchev–Trinajstić information content (AvgIpc) is 3.81. The van der Waals surface area contributed by atoms with E-state index in [0.717, 1.165) is 0 Å². The van der Waals surface area contributed by atoms with Crippen molar-refractivity contribution in [2.75, 3.05) is 4.90 Å². The number of para-hydroxylation sites is 2. The smallest absolute Gasteiger partial charge is 0.140 e. The molecule has 0 bridgehead atoms. The zero-order valence-electron chi connectivity index (χ0n) is 33.9. The van der Waals surface area contributed by atoms with Crippen LogP contribution in [0.5, 0.6) is 0 Å². The third-order valence-electron chi connectivity index (χ3n) is 14.2. The highest BCUT2D eigenvalue weighted by Gasteiger charge is 2.48. The van der Waals surface area contributed by atoms with Crippen molar-refractivity contribution in [3.05, 3.63) is 217 Å². The highest BCUT2D eigenvalue weighted by atomic mass is 15.4. The number of benzene rings is 8. The lowest BCUT2D eigenvalue weighted by Gasteiger charge is -2.44. The van der Waals surface area contributed by atoms with E-state index in [-0.39, 0.29) is 35.7 Å². The zero-order chi connectivity index (χ0) is 40.2. The van der Waals surface area contributed by atoms with Gasteiger partial charge in [-0.05, 0) is 69.4 Å². The first-order chi connectivity index (χ1) is 30.2. The highest BCUT2D eigenvalue weighted by Crippen LogP contribution is 2.57. The summed E-state index contributed by atoms with van der Waals surface area (Å²) in [5, 5.41) is 18.5. The van der Waals surface area contributed by atoms with Crippen molar-refractivity contribution in [1.29, 1.82) is 0 Å². The van der Waals surface area contributed by atoms with Crippen LogP contribution in [0.1, 0.15) is 36.3 Å². The fraction of sp³-hybridized carbons (Fsp3) is 0.123. The number of aromatic nitrogens is 1. The van der Waals surface area contributed by atoms with Gasteiger partial charge in [-0.25, -0.2) is 0 Å². The molecule has 0 saturated carbocycles. The molecular formula is C57H44N4. The lowest BCUT2D eigenvalue weighted by molar-refractivity contribution is 0.174.